The molecule has 0 unspecified atom stereocenters. The van der Waals surface area contributed by atoms with Crippen LogP contribution < -0.4 is 5.32 Å². The Morgan fingerprint density at radius 2 is 1.85 bits per heavy atom. The zero-order valence-electron chi connectivity index (χ0n) is 12.4. The number of rotatable bonds is 8. The minimum absolute atomic E-state index is 1.02. The second kappa shape index (κ2) is 8.20. The van der Waals surface area contributed by atoms with Crippen LogP contribution in [0, 0.1) is 6.92 Å². The summed E-state index contributed by atoms with van der Waals surface area (Å²) in [5, 5.41) is 7.88. The maximum atomic E-state index is 3.51. The van der Waals surface area contributed by atoms with E-state index in [1.54, 1.807) is 11.3 Å². The van der Waals surface area contributed by atoms with Gasteiger partial charge in [-0.25, -0.2) is 0 Å². The van der Waals surface area contributed by atoms with Crippen LogP contribution in [0.1, 0.15) is 16.7 Å². The molecule has 0 aliphatic carbocycles. The minimum Gasteiger partial charge on any atom is -0.315 e. The number of benzene rings is 1. The van der Waals surface area contributed by atoms with Crippen molar-refractivity contribution in [3.63, 3.8) is 0 Å². The summed E-state index contributed by atoms with van der Waals surface area (Å²) in [5.74, 6) is 0. The number of hydrogen-bond acceptors (Lipinski definition) is 3. The van der Waals surface area contributed by atoms with Crippen molar-refractivity contribution in [2.75, 3.05) is 26.7 Å². The number of hydrogen-bond donors (Lipinski definition) is 1. The summed E-state index contributed by atoms with van der Waals surface area (Å²) in [4.78, 5) is 2.36. The molecule has 0 aliphatic rings. The number of likely N-dealkylation sites (N-methyl/N-ethyl adjacent to an activating group) is 1. The Morgan fingerprint density at radius 1 is 1.05 bits per heavy atom. The molecule has 1 N–H and O–H groups in total. The summed E-state index contributed by atoms with van der Waals surface area (Å²) in [6, 6.07) is 11.0. The van der Waals surface area contributed by atoms with E-state index in [0.29, 0.717) is 0 Å². The average Bonchev–Trinajstić information content (AvgIpc) is 2.94. The lowest BCUT2D eigenvalue weighted by Crippen LogP contribution is -2.30. The normalized spacial score (nSPS) is 11.2. The minimum atomic E-state index is 1.02. The van der Waals surface area contributed by atoms with Crippen molar-refractivity contribution in [3.8, 4) is 0 Å². The van der Waals surface area contributed by atoms with Crippen molar-refractivity contribution in [3.05, 3.63) is 57.8 Å². The highest BCUT2D eigenvalue weighted by Crippen LogP contribution is 2.06. The molecule has 20 heavy (non-hydrogen) atoms. The molecule has 0 bridgehead atoms. The fourth-order valence-corrected chi connectivity index (χ4v) is 2.85. The predicted molar refractivity (Wildman–Crippen MR) is 88.4 cm³/mol. The van der Waals surface area contributed by atoms with Gasteiger partial charge in [0.05, 0.1) is 0 Å². The van der Waals surface area contributed by atoms with Crippen molar-refractivity contribution in [2.24, 2.45) is 0 Å². The first kappa shape index (κ1) is 15.2. The fourth-order valence-electron chi connectivity index (χ4n) is 2.15. The molecule has 3 heteroatoms. The van der Waals surface area contributed by atoms with E-state index < -0.39 is 0 Å². The van der Waals surface area contributed by atoms with Gasteiger partial charge in [0.15, 0.2) is 0 Å². The highest BCUT2D eigenvalue weighted by atomic mass is 32.1. The average molecular weight is 288 g/mol. The molecule has 108 valence electrons. The third-order valence-electron chi connectivity index (χ3n) is 3.41. The summed E-state index contributed by atoms with van der Waals surface area (Å²) >= 11 is 1.77. The van der Waals surface area contributed by atoms with Gasteiger partial charge in [0.1, 0.15) is 0 Å². The molecule has 2 nitrogen and oxygen atoms in total. The molecule has 0 saturated carbocycles. The quantitative estimate of drug-likeness (QED) is 0.750. The molecule has 0 aliphatic heterocycles. The lowest BCUT2D eigenvalue weighted by molar-refractivity contribution is 0.325. The first-order chi connectivity index (χ1) is 9.74. The van der Waals surface area contributed by atoms with E-state index in [0.717, 1.165) is 32.6 Å². The van der Waals surface area contributed by atoms with Gasteiger partial charge in [-0.05, 0) is 54.9 Å². The molecule has 0 spiro atoms. The third kappa shape index (κ3) is 5.45. The number of aryl methyl sites for hydroxylation is 1. The number of nitrogens with zero attached hydrogens (tertiary/aromatic N) is 1. The second-order valence-electron chi connectivity index (χ2n) is 5.35. The van der Waals surface area contributed by atoms with Gasteiger partial charge in [-0.1, -0.05) is 29.8 Å². The molecule has 2 rings (SSSR count). The van der Waals surface area contributed by atoms with E-state index in [1.165, 1.54) is 16.7 Å². The molecule has 1 aromatic carbocycles. The molecule has 0 amide bonds. The van der Waals surface area contributed by atoms with E-state index in [-0.39, 0.29) is 0 Å². The van der Waals surface area contributed by atoms with E-state index >= 15 is 0 Å². The van der Waals surface area contributed by atoms with E-state index in [4.69, 9.17) is 0 Å². The molecular weight excluding hydrogens is 264 g/mol. The third-order valence-corrected chi connectivity index (χ3v) is 4.15. The van der Waals surface area contributed by atoms with Crippen LogP contribution in [0.15, 0.2) is 41.1 Å². The maximum Gasteiger partial charge on any atom is 0.0231 e. The van der Waals surface area contributed by atoms with Crippen LogP contribution in [0.4, 0.5) is 0 Å². The summed E-state index contributed by atoms with van der Waals surface area (Å²) in [6.45, 7) is 6.34. The largest absolute Gasteiger partial charge is 0.315 e. The van der Waals surface area contributed by atoms with Gasteiger partial charge in [0.2, 0.25) is 0 Å². The lowest BCUT2D eigenvalue weighted by Gasteiger charge is -2.17. The summed E-state index contributed by atoms with van der Waals surface area (Å²) in [5.41, 5.74) is 4.15. The van der Waals surface area contributed by atoms with Crippen LogP contribution >= 0.6 is 11.3 Å². The molecule has 0 fully saturated rings. The van der Waals surface area contributed by atoms with E-state index in [1.807, 2.05) is 0 Å². The topological polar surface area (TPSA) is 15.3 Å². The Labute approximate surface area is 126 Å². The van der Waals surface area contributed by atoms with E-state index in [2.05, 4.69) is 65.3 Å². The van der Waals surface area contributed by atoms with Crippen molar-refractivity contribution in [2.45, 2.75) is 19.9 Å². The first-order valence-electron chi connectivity index (χ1n) is 7.20. The van der Waals surface area contributed by atoms with Crippen LogP contribution in [-0.2, 0) is 13.0 Å². The number of nitrogens with one attached hydrogen (secondary N) is 1. The van der Waals surface area contributed by atoms with Gasteiger partial charge in [0, 0.05) is 19.6 Å². The van der Waals surface area contributed by atoms with Gasteiger partial charge in [-0.2, -0.15) is 11.3 Å². The fraction of sp³-hybridized carbons (Fsp3) is 0.412. The predicted octanol–water partition coefficient (Wildman–Crippen LogP) is 3.32. The van der Waals surface area contributed by atoms with Crippen molar-refractivity contribution in [1.82, 2.24) is 10.2 Å². The van der Waals surface area contributed by atoms with Gasteiger partial charge in [-0.15, -0.1) is 0 Å². The zero-order chi connectivity index (χ0) is 14.2. The van der Waals surface area contributed by atoms with Crippen LogP contribution in [0.3, 0.4) is 0 Å². The highest BCUT2D eigenvalue weighted by Gasteiger charge is 2.00. The van der Waals surface area contributed by atoms with Crippen LogP contribution in [0.25, 0.3) is 0 Å². The van der Waals surface area contributed by atoms with Crippen molar-refractivity contribution < 1.29 is 0 Å². The SMILES string of the molecule is Cc1ccc(CN(C)CCNCCc2ccsc2)cc1. The first-order valence-corrected chi connectivity index (χ1v) is 8.14. The maximum absolute atomic E-state index is 3.51. The molecular formula is C17H24N2S. The Morgan fingerprint density at radius 3 is 2.55 bits per heavy atom. The summed E-state index contributed by atoms with van der Waals surface area (Å²) in [7, 11) is 2.18. The standard InChI is InChI=1S/C17H24N2S/c1-15-3-5-16(6-4-15)13-19(2)11-10-18-9-7-17-8-12-20-14-17/h3-6,8,12,14,18H,7,9-11,13H2,1-2H3. The Balaban J connectivity index is 1.58. The van der Waals surface area contributed by atoms with Gasteiger partial charge in [-0.3, -0.25) is 0 Å². The molecule has 1 aromatic heterocycles. The Bertz CT molecular complexity index is 476. The van der Waals surface area contributed by atoms with E-state index in [9.17, 15) is 0 Å². The Hall–Kier alpha value is -1.16. The summed E-state index contributed by atoms with van der Waals surface area (Å²) in [6.07, 6.45) is 1.13. The second-order valence-corrected chi connectivity index (χ2v) is 6.14. The van der Waals surface area contributed by atoms with Gasteiger partial charge in [0.25, 0.3) is 0 Å². The number of thiophene rings is 1. The molecule has 1 heterocycles. The van der Waals surface area contributed by atoms with Gasteiger partial charge >= 0.3 is 0 Å². The smallest absolute Gasteiger partial charge is 0.0231 e. The van der Waals surface area contributed by atoms with Crippen LogP contribution in [0.2, 0.25) is 0 Å². The summed E-state index contributed by atoms with van der Waals surface area (Å²) < 4.78 is 0. The van der Waals surface area contributed by atoms with Crippen LogP contribution in [-0.4, -0.2) is 31.6 Å². The lowest BCUT2D eigenvalue weighted by atomic mass is 10.1. The highest BCUT2D eigenvalue weighted by molar-refractivity contribution is 7.07. The molecule has 0 atom stereocenters. The van der Waals surface area contributed by atoms with Gasteiger partial charge < -0.3 is 10.2 Å². The van der Waals surface area contributed by atoms with Crippen molar-refractivity contribution in [1.29, 1.82) is 0 Å². The van der Waals surface area contributed by atoms with Crippen molar-refractivity contribution >= 4 is 11.3 Å². The monoisotopic (exact) mass is 288 g/mol. The molecule has 0 radical (unpaired) electrons. The molecule has 0 saturated heterocycles. The molecule has 2 aromatic rings. The zero-order valence-corrected chi connectivity index (χ0v) is 13.2. The van der Waals surface area contributed by atoms with Crippen LogP contribution in [0.5, 0.6) is 0 Å². The Kier molecular flexibility index (Phi) is 6.25.